The number of morpholine rings is 1. The van der Waals surface area contributed by atoms with Gasteiger partial charge in [-0.1, -0.05) is 11.6 Å². The van der Waals surface area contributed by atoms with Crippen LogP contribution in [0.1, 0.15) is 20.8 Å². The summed E-state index contributed by atoms with van der Waals surface area (Å²) in [6.45, 7) is 7.07. The molecule has 1 aromatic rings. The van der Waals surface area contributed by atoms with Gasteiger partial charge >= 0.3 is 6.03 Å². The van der Waals surface area contributed by atoms with Crippen molar-refractivity contribution in [2.75, 3.05) is 25.6 Å². The van der Waals surface area contributed by atoms with Crippen molar-refractivity contribution in [3.05, 3.63) is 23.2 Å². The SMILES string of the molecule is COc1ccc(NC(=O)N2CCOC(C)(C)[C@@H]2C)cc1Cl. The molecule has 6 heteroatoms. The minimum absolute atomic E-state index is 0.0139. The Kier molecular flexibility index (Phi) is 4.64. The number of ether oxygens (including phenoxy) is 2. The van der Waals surface area contributed by atoms with Crippen LogP contribution in [-0.4, -0.2) is 42.8 Å². The van der Waals surface area contributed by atoms with Crippen molar-refractivity contribution < 1.29 is 14.3 Å². The number of hydrogen-bond donors (Lipinski definition) is 1. The Balaban J connectivity index is 2.09. The molecule has 0 aromatic heterocycles. The Morgan fingerprint density at radius 2 is 2.24 bits per heavy atom. The minimum atomic E-state index is -0.354. The van der Waals surface area contributed by atoms with E-state index in [1.54, 1.807) is 30.2 Å². The molecule has 0 radical (unpaired) electrons. The molecule has 2 rings (SSSR count). The van der Waals surface area contributed by atoms with Gasteiger partial charge in [-0.05, 0) is 39.0 Å². The normalized spacial score (nSPS) is 21.0. The van der Waals surface area contributed by atoms with Crippen LogP contribution >= 0.6 is 11.6 Å². The molecule has 1 N–H and O–H groups in total. The van der Waals surface area contributed by atoms with Gasteiger partial charge < -0.3 is 19.7 Å². The Morgan fingerprint density at radius 1 is 1.52 bits per heavy atom. The van der Waals surface area contributed by atoms with E-state index >= 15 is 0 Å². The molecule has 21 heavy (non-hydrogen) atoms. The summed E-state index contributed by atoms with van der Waals surface area (Å²) < 4.78 is 10.8. The van der Waals surface area contributed by atoms with Crippen LogP contribution in [0.25, 0.3) is 0 Å². The number of nitrogens with one attached hydrogen (secondary N) is 1. The number of nitrogens with zero attached hydrogens (tertiary/aromatic N) is 1. The number of carbonyl (C=O) groups excluding carboxylic acids is 1. The average molecular weight is 313 g/mol. The van der Waals surface area contributed by atoms with Crippen molar-refractivity contribution in [3.8, 4) is 5.75 Å². The molecule has 5 nitrogen and oxygen atoms in total. The summed E-state index contributed by atoms with van der Waals surface area (Å²) in [7, 11) is 1.55. The van der Waals surface area contributed by atoms with E-state index in [2.05, 4.69) is 5.32 Å². The third-order valence-electron chi connectivity index (χ3n) is 3.94. The highest BCUT2D eigenvalue weighted by atomic mass is 35.5. The molecule has 1 heterocycles. The zero-order valence-electron chi connectivity index (χ0n) is 12.8. The number of benzene rings is 1. The summed E-state index contributed by atoms with van der Waals surface area (Å²) in [5.74, 6) is 0.579. The molecule has 2 amide bonds. The molecule has 0 spiro atoms. The van der Waals surface area contributed by atoms with Crippen LogP contribution in [0.5, 0.6) is 5.75 Å². The fraction of sp³-hybridized carbons (Fsp3) is 0.533. The fourth-order valence-corrected chi connectivity index (χ4v) is 2.57. The molecule has 0 unspecified atom stereocenters. The van der Waals surface area contributed by atoms with E-state index in [-0.39, 0.29) is 17.7 Å². The van der Waals surface area contributed by atoms with Gasteiger partial charge in [0.05, 0.1) is 30.4 Å². The Labute approximate surface area is 130 Å². The van der Waals surface area contributed by atoms with E-state index in [9.17, 15) is 4.79 Å². The molecule has 0 bridgehead atoms. The Morgan fingerprint density at radius 3 is 2.86 bits per heavy atom. The standard InChI is InChI=1S/C15H21ClN2O3/c1-10-15(2,3)21-8-7-18(10)14(19)17-11-5-6-13(20-4)12(16)9-11/h5-6,9-10H,7-8H2,1-4H3,(H,17,19)/t10-/m0/s1. The van der Waals surface area contributed by atoms with Gasteiger partial charge in [-0.25, -0.2) is 4.79 Å². The Hall–Kier alpha value is -1.46. The molecule has 1 aliphatic rings. The summed E-state index contributed by atoms with van der Waals surface area (Å²) in [6.07, 6.45) is 0. The third-order valence-corrected chi connectivity index (χ3v) is 4.24. The molecule has 1 atom stereocenters. The molecule has 1 fully saturated rings. The van der Waals surface area contributed by atoms with Crippen LogP contribution in [0.4, 0.5) is 10.5 Å². The molecular formula is C15H21ClN2O3. The first-order valence-corrected chi connectivity index (χ1v) is 7.28. The van der Waals surface area contributed by atoms with Crippen LogP contribution in [0, 0.1) is 0 Å². The van der Waals surface area contributed by atoms with E-state index in [0.29, 0.717) is 29.6 Å². The summed E-state index contributed by atoms with van der Waals surface area (Å²) in [5, 5.41) is 3.33. The zero-order chi connectivity index (χ0) is 15.6. The molecule has 0 aliphatic carbocycles. The second-order valence-electron chi connectivity index (χ2n) is 5.60. The van der Waals surface area contributed by atoms with Crippen LogP contribution < -0.4 is 10.1 Å². The molecular weight excluding hydrogens is 292 g/mol. The fourth-order valence-electron chi connectivity index (χ4n) is 2.31. The minimum Gasteiger partial charge on any atom is -0.495 e. The van der Waals surface area contributed by atoms with Crippen molar-refractivity contribution in [3.63, 3.8) is 0 Å². The summed E-state index contributed by atoms with van der Waals surface area (Å²) in [5.41, 5.74) is 0.287. The molecule has 1 aromatic carbocycles. The maximum absolute atomic E-state index is 12.4. The molecule has 1 saturated heterocycles. The van der Waals surface area contributed by atoms with Crippen molar-refractivity contribution in [2.24, 2.45) is 0 Å². The molecule has 116 valence electrons. The van der Waals surface area contributed by atoms with Crippen LogP contribution in [0.2, 0.25) is 5.02 Å². The van der Waals surface area contributed by atoms with E-state index in [4.69, 9.17) is 21.1 Å². The number of amides is 2. The topological polar surface area (TPSA) is 50.8 Å². The van der Waals surface area contributed by atoms with Gasteiger partial charge in [0.1, 0.15) is 5.75 Å². The van der Waals surface area contributed by atoms with E-state index in [0.717, 1.165) is 0 Å². The van der Waals surface area contributed by atoms with Gasteiger partial charge in [0, 0.05) is 12.2 Å². The quantitative estimate of drug-likeness (QED) is 0.910. The van der Waals surface area contributed by atoms with Crippen LogP contribution in [0.15, 0.2) is 18.2 Å². The summed E-state index contributed by atoms with van der Waals surface area (Å²) >= 11 is 6.06. The maximum Gasteiger partial charge on any atom is 0.322 e. The average Bonchev–Trinajstić information content (AvgIpc) is 2.42. The number of carbonyl (C=O) groups is 1. The number of urea groups is 1. The largest absolute Gasteiger partial charge is 0.495 e. The van der Waals surface area contributed by atoms with Crippen molar-refractivity contribution >= 4 is 23.3 Å². The van der Waals surface area contributed by atoms with Gasteiger partial charge in [-0.3, -0.25) is 0 Å². The van der Waals surface area contributed by atoms with Crippen molar-refractivity contribution in [1.82, 2.24) is 4.90 Å². The van der Waals surface area contributed by atoms with Gasteiger partial charge in [0.25, 0.3) is 0 Å². The second-order valence-corrected chi connectivity index (χ2v) is 6.01. The van der Waals surface area contributed by atoms with E-state index < -0.39 is 0 Å². The highest BCUT2D eigenvalue weighted by Gasteiger charge is 2.37. The lowest BCUT2D eigenvalue weighted by Crippen LogP contribution is -2.58. The van der Waals surface area contributed by atoms with Crippen LogP contribution in [0.3, 0.4) is 0 Å². The van der Waals surface area contributed by atoms with E-state index in [1.807, 2.05) is 20.8 Å². The first-order valence-electron chi connectivity index (χ1n) is 6.90. The highest BCUT2D eigenvalue weighted by Crippen LogP contribution is 2.28. The lowest BCUT2D eigenvalue weighted by atomic mass is 9.97. The lowest BCUT2D eigenvalue weighted by molar-refractivity contribution is -0.105. The summed E-state index contributed by atoms with van der Waals surface area (Å²) in [4.78, 5) is 14.2. The number of anilines is 1. The summed E-state index contributed by atoms with van der Waals surface area (Å²) in [6, 6.07) is 5.00. The second kappa shape index (κ2) is 6.12. The highest BCUT2D eigenvalue weighted by molar-refractivity contribution is 6.32. The lowest BCUT2D eigenvalue weighted by Gasteiger charge is -2.44. The smallest absolute Gasteiger partial charge is 0.322 e. The predicted molar refractivity (Wildman–Crippen MR) is 83.2 cm³/mol. The van der Waals surface area contributed by atoms with Gasteiger partial charge in [0.2, 0.25) is 0 Å². The van der Waals surface area contributed by atoms with Crippen LogP contribution in [-0.2, 0) is 4.74 Å². The monoisotopic (exact) mass is 312 g/mol. The van der Waals surface area contributed by atoms with Gasteiger partial charge in [-0.15, -0.1) is 0 Å². The maximum atomic E-state index is 12.4. The number of hydrogen-bond acceptors (Lipinski definition) is 3. The molecule has 0 saturated carbocycles. The Bertz CT molecular complexity index is 534. The number of halogens is 1. The van der Waals surface area contributed by atoms with Gasteiger partial charge in [-0.2, -0.15) is 0 Å². The number of rotatable bonds is 2. The van der Waals surface area contributed by atoms with E-state index in [1.165, 1.54) is 0 Å². The predicted octanol–water partition coefficient (Wildman–Crippen LogP) is 3.38. The molecule has 1 aliphatic heterocycles. The first-order chi connectivity index (χ1) is 9.85. The van der Waals surface area contributed by atoms with Crippen molar-refractivity contribution in [1.29, 1.82) is 0 Å². The first kappa shape index (κ1) is 15.9. The van der Waals surface area contributed by atoms with Gasteiger partial charge in [0.15, 0.2) is 0 Å². The van der Waals surface area contributed by atoms with Crippen molar-refractivity contribution in [2.45, 2.75) is 32.4 Å². The third kappa shape index (κ3) is 3.41. The number of methoxy groups -OCH3 is 1. The zero-order valence-corrected chi connectivity index (χ0v) is 13.5.